The van der Waals surface area contributed by atoms with E-state index in [4.69, 9.17) is 0 Å². The zero-order chi connectivity index (χ0) is 18.5. The number of amides is 2. The van der Waals surface area contributed by atoms with Gasteiger partial charge in [0.05, 0.1) is 0 Å². The lowest BCUT2D eigenvalue weighted by Crippen LogP contribution is -2.47. The number of aliphatic imine (C=N–C) groups is 1. The molecular weight excluding hydrogens is 346 g/mol. The lowest BCUT2D eigenvalue weighted by atomic mass is 9.84. The number of thioether (sulfide) groups is 1. The maximum absolute atomic E-state index is 12.7. The standard InChI is InChI=1S/C20H31N3O2S/c1-12(2)17(24)23-8-6-15(7-9-23)20(3)18(25)22-19(26-20)21-16-11-13-4-5-14(16)10-13/h12-16H,4-11H2,1-3H3,(H,21,22,25)/t13-,14-,16-,20?/m0/s1. The van der Waals surface area contributed by atoms with Crippen LogP contribution < -0.4 is 5.32 Å². The van der Waals surface area contributed by atoms with E-state index in [-0.39, 0.29) is 17.7 Å². The number of nitrogens with zero attached hydrogens (tertiary/aromatic N) is 2. The molecule has 4 rings (SSSR count). The molecule has 3 fully saturated rings. The van der Waals surface area contributed by atoms with Crippen molar-refractivity contribution in [2.45, 2.75) is 70.1 Å². The first kappa shape index (κ1) is 18.3. The maximum atomic E-state index is 12.7. The minimum atomic E-state index is -0.465. The van der Waals surface area contributed by atoms with Crippen LogP contribution >= 0.6 is 11.8 Å². The first-order valence-electron chi connectivity index (χ1n) is 10.2. The van der Waals surface area contributed by atoms with Gasteiger partial charge >= 0.3 is 0 Å². The molecular formula is C20H31N3O2S. The highest BCUT2D eigenvalue weighted by Crippen LogP contribution is 2.47. The molecule has 5 nitrogen and oxygen atoms in total. The molecule has 2 bridgehead atoms. The van der Waals surface area contributed by atoms with E-state index >= 15 is 0 Å². The van der Waals surface area contributed by atoms with Crippen molar-refractivity contribution < 1.29 is 9.59 Å². The molecule has 2 amide bonds. The summed E-state index contributed by atoms with van der Waals surface area (Å²) >= 11 is 1.64. The monoisotopic (exact) mass is 377 g/mol. The van der Waals surface area contributed by atoms with Gasteiger partial charge in [-0.15, -0.1) is 0 Å². The fraction of sp³-hybridized carbons (Fsp3) is 0.850. The van der Waals surface area contributed by atoms with Gasteiger partial charge < -0.3 is 10.2 Å². The van der Waals surface area contributed by atoms with E-state index in [0.29, 0.717) is 12.0 Å². The molecule has 0 aromatic rings. The minimum Gasteiger partial charge on any atom is -0.361 e. The molecule has 6 heteroatoms. The van der Waals surface area contributed by atoms with Gasteiger partial charge in [0.25, 0.3) is 5.91 Å². The Morgan fingerprint density at radius 3 is 2.54 bits per heavy atom. The second-order valence-corrected chi connectivity index (χ2v) is 10.6. The van der Waals surface area contributed by atoms with Crippen molar-refractivity contribution in [1.82, 2.24) is 10.2 Å². The molecule has 4 atom stereocenters. The highest BCUT2D eigenvalue weighted by molar-refractivity contribution is 8.16. The quantitative estimate of drug-likeness (QED) is 0.821. The largest absolute Gasteiger partial charge is 0.361 e. The zero-order valence-corrected chi connectivity index (χ0v) is 17.0. The lowest BCUT2D eigenvalue weighted by Gasteiger charge is -2.39. The summed E-state index contributed by atoms with van der Waals surface area (Å²) in [5, 5.41) is 4.45. The molecule has 0 aromatic heterocycles. The molecule has 2 heterocycles. The van der Waals surface area contributed by atoms with Gasteiger partial charge in [0.2, 0.25) is 5.91 Å². The van der Waals surface area contributed by atoms with E-state index in [2.05, 4.69) is 17.2 Å². The first-order chi connectivity index (χ1) is 12.4. The van der Waals surface area contributed by atoms with Crippen LogP contribution in [0, 0.1) is 23.7 Å². The summed E-state index contributed by atoms with van der Waals surface area (Å²) in [4.78, 5) is 31.3. The summed E-state index contributed by atoms with van der Waals surface area (Å²) in [5.41, 5.74) is 0. The predicted molar refractivity (Wildman–Crippen MR) is 105 cm³/mol. The topological polar surface area (TPSA) is 61.8 Å². The molecule has 26 heavy (non-hydrogen) atoms. The first-order valence-corrected chi connectivity index (χ1v) is 11.1. The highest BCUT2D eigenvalue weighted by atomic mass is 32.2. The molecule has 1 saturated heterocycles. The zero-order valence-electron chi connectivity index (χ0n) is 16.2. The predicted octanol–water partition coefficient (Wildman–Crippen LogP) is 3.05. The molecule has 0 aromatic carbocycles. The average molecular weight is 378 g/mol. The van der Waals surface area contributed by atoms with Gasteiger partial charge in [-0.05, 0) is 56.8 Å². The summed E-state index contributed by atoms with van der Waals surface area (Å²) in [6.07, 6.45) is 7.09. The third-order valence-electron chi connectivity index (χ3n) is 7.06. The van der Waals surface area contributed by atoms with Crippen LogP contribution in [0.4, 0.5) is 0 Å². The van der Waals surface area contributed by atoms with Crippen LogP contribution in [-0.4, -0.2) is 45.8 Å². The number of likely N-dealkylation sites (tertiary alicyclic amines) is 1. The molecule has 2 saturated carbocycles. The van der Waals surface area contributed by atoms with E-state index in [0.717, 1.165) is 42.9 Å². The summed E-state index contributed by atoms with van der Waals surface area (Å²) in [6.45, 7) is 7.49. The van der Waals surface area contributed by atoms with E-state index < -0.39 is 4.75 Å². The molecule has 1 N–H and O–H groups in total. The molecule has 1 unspecified atom stereocenters. The smallest absolute Gasteiger partial charge is 0.264 e. The third kappa shape index (κ3) is 3.19. The number of nitrogens with one attached hydrogen (secondary N) is 1. The third-order valence-corrected chi connectivity index (χ3v) is 8.40. The van der Waals surface area contributed by atoms with Crippen LogP contribution in [0.5, 0.6) is 0 Å². The summed E-state index contributed by atoms with van der Waals surface area (Å²) < 4.78 is -0.465. The Balaban J connectivity index is 1.34. The van der Waals surface area contributed by atoms with E-state index in [1.54, 1.807) is 11.8 Å². The Labute approximate surface area is 160 Å². The normalized spacial score (nSPS) is 37.5. The van der Waals surface area contributed by atoms with E-state index in [9.17, 15) is 9.59 Å². The Hall–Kier alpha value is -1.04. The van der Waals surface area contributed by atoms with Crippen molar-refractivity contribution in [2.75, 3.05) is 13.1 Å². The number of fused-ring (bicyclic) bond motifs is 2. The SMILES string of the molecule is CC(C)C(=O)N1CCC(C2(C)SC(N[C@H]3C[C@H]4CC[C@H]3C4)=NC2=O)CC1. The minimum absolute atomic E-state index is 0.0155. The number of hydrogen-bond acceptors (Lipinski definition) is 4. The average Bonchev–Trinajstić information content (AvgIpc) is 3.30. The molecule has 144 valence electrons. The number of piperidine rings is 1. The van der Waals surface area contributed by atoms with Crippen LogP contribution in [0.1, 0.15) is 59.3 Å². The Morgan fingerprint density at radius 1 is 1.23 bits per heavy atom. The van der Waals surface area contributed by atoms with Crippen LogP contribution in [0.2, 0.25) is 0 Å². The van der Waals surface area contributed by atoms with Gasteiger partial charge in [-0.1, -0.05) is 32.0 Å². The van der Waals surface area contributed by atoms with Crippen molar-refractivity contribution in [3.8, 4) is 0 Å². The van der Waals surface area contributed by atoms with Crippen molar-refractivity contribution in [2.24, 2.45) is 28.7 Å². The summed E-state index contributed by atoms with van der Waals surface area (Å²) in [6, 6.07) is 0.515. The van der Waals surface area contributed by atoms with Crippen molar-refractivity contribution >= 4 is 28.7 Å². The van der Waals surface area contributed by atoms with Crippen LogP contribution in [0.25, 0.3) is 0 Å². The molecule has 2 aliphatic heterocycles. The maximum Gasteiger partial charge on any atom is 0.264 e. The second-order valence-electron chi connectivity index (χ2n) is 9.11. The number of rotatable bonds is 3. The van der Waals surface area contributed by atoms with Gasteiger partial charge in [0, 0.05) is 25.0 Å². The lowest BCUT2D eigenvalue weighted by molar-refractivity contribution is -0.136. The van der Waals surface area contributed by atoms with Crippen molar-refractivity contribution in [3.05, 3.63) is 0 Å². The molecule has 0 radical (unpaired) electrons. The van der Waals surface area contributed by atoms with Gasteiger partial charge in [0.1, 0.15) is 4.75 Å². The number of carbonyl (C=O) groups excluding carboxylic acids is 2. The van der Waals surface area contributed by atoms with Gasteiger partial charge in [0.15, 0.2) is 5.17 Å². The summed E-state index contributed by atoms with van der Waals surface area (Å²) in [5.74, 6) is 2.24. The van der Waals surface area contributed by atoms with E-state index in [1.807, 2.05) is 18.7 Å². The Bertz CT molecular complexity index is 627. The Kier molecular flexibility index (Phi) is 4.82. The molecule has 4 aliphatic rings. The fourth-order valence-electron chi connectivity index (χ4n) is 5.39. The van der Waals surface area contributed by atoms with Crippen LogP contribution in [-0.2, 0) is 9.59 Å². The number of carbonyl (C=O) groups is 2. The number of amidine groups is 1. The second kappa shape index (κ2) is 6.84. The fourth-order valence-corrected chi connectivity index (χ4v) is 6.66. The Morgan fingerprint density at radius 2 is 1.96 bits per heavy atom. The molecule has 0 spiro atoms. The van der Waals surface area contributed by atoms with Crippen molar-refractivity contribution in [1.29, 1.82) is 0 Å². The van der Waals surface area contributed by atoms with Gasteiger partial charge in [-0.3, -0.25) is 9.59 Å². The van der Waals surface area contributed by atoms with Crippen LogP contribution in [0.3, 0.4) is 0 Å². The highest BCUT2D eigenvalue weighted by Gasteiger charge is 2.49. The molecule has 2 aliphatic carbocycles. The summed E-state index contributed by atoms with van der Waals surface area (Å²) in [7, 11) is 0. The van der Waals surface area contributed by atoms with Crippen molar-refractivity contribution in [3.63, 3.8) is 0 Å². The van der Waals surface area contributed by atoms with Gasteiger partial charge in [-0.25, -0.2) is 0 Å². The van der Waals surface area contributed by atoms with E-state index in [1.165, 1.54) is 25.7 Å². The van der Waals surface area contributed by atoms with Gasteiger partial charge in [-0.2, -0.15) is 4.99 Å². The van der Waals surface area contributed by atoms with Crippen LogP contribution in [0.15, 0.2) is 4.99 Å². The number of hydrogen-bond donors (Lipinski definition) is 1.